The molecule has 210 valence electrons. The number of halogens is 1. The Balaban J connectivity index is 0.000000321. The van der Waals surface area contributed by atoms with Gasteiger partial charge in [0.1, 0.15) is 17.0 Å². The number of carbonyl (C=O) groups excluding carboxylic acids is 1. The minimum Gasteiger partial charge on any atom is -0.508 e. The second-order valence-corrected chi connectivity index (χ2v) is 10.1. The van der Waals surface area contributed by atoms with Gasteiger partial charge in [-0.05, 0) is 59.7 Å². The SMILES string of the molecule is CCCc1ccccc1.CCc1cc(O)ccc1-c1ccc2c(-c3ncc(C4=CCN(C=O)CC4)[nH]3)[nH]nc2c1F. The molecule has 0 fully saturated rings. The molecule has 1 amide bonds. The summed E-state index contributed by atoms with van der Waals surface area (Å²) in [6.07, 6.45) is 8.48. The lowest BCUT2D eigenvalue weighted by Crippen LogP contribution is -2.26. The number of benzene rings is 3. The average Bonchev–Trinajstić information content (AvgIpc) is 3.67. The molecule has 3 aromatic carbocycles. The van der Waals surface area contributed by atoms with Gasteiger partial charge in [0.05, 0.1) is 11.9 Å². The predicted molar refractivity (Wildman–Crippen MR) is 161 cm³/mol. The zero-order chi connectivity index (χ0) is 28.8. The van der Waals surface area contributed by atoms with Crippen LogP contribution < -0.4 is 0 Å². The molecule has 0 radical (unpaired) electrons. The van der Waals surface area contributed by atoms with Crippen LogP contribution in [0.15, 0.2) is 72.9 Å². The molecule has 3 N–H and O–H groups in total. The summed E-state index contributed by atoms with van der Waals surface area (Å²) in [6, 6.07) is 19.1. The van der Waals surface area contributed by atoms with E-state index in [1.165, 1.54) is 18.4 Å². The Morgan fingerprint density at radius 3 is 2.59 bits per heavy atom. The molecule has 0 unspecified atom stereocenters. The van der Waals surface area contributed by atoms with Crippen molar-refractivity contribution in [2.45, 2.75) is 39.5 Å². The molecule has 6 rings (SSSR count). The summed E-state index contributed by atoms with van der Waals surface area (Å²) in [6.45, 7) is 5.41. The first-order valence-corrected chi connectivity index (χ1v) is 14.0. The van der Waals surface area contributed by atoms with E-state index in [1.807, 2.05) is 19.1 Å². The number of phenolic OH excluding ortho intramolecular Hbond substituents is 1. The van der Waals surface area contributed by atoms with E-state index in [-0.39, 0.29) is 11.3 Å². The van der Waals surface area contributed by atoms with Gasteiger partial charge in [-0.1, -0.05) is 68.8 Å². The van der Waals surface area contributed by atoms with Crippen molar-refractivity contribution in [1.29, 1.82) is 0 Å². The standard InChI is InChI=1S/C24H22FN5O2.C9H12/c1-2-14-11-16(32)3-4-17(14)18-5-6-19-22(21(18)25)28-29-23(19)24-26-12-20(27-24)15-7-9-30(13-31)10-8-15;1-2-6-9-7-4-3-5-8-9/h3-7,11-13,32H,2,8-10H2,1H3,(H,26,27)(H,28,29);3-5,7-8H,2,6H2,1H3. The summed E-state index contributed by atoms with van der Waals surface area (Å²) in [5.74, 6) is 0.322. The summed E-state index contributed by atoms with van der Waals surface area (Å²) < 4.78 is 15.4. The molecule has 0 saturated carbocycles. The topological polar surface area (TPSA) is 97.9 Å². The Morgan fingerprint density at radius 1 is 1.07 bits per heavy atom. The summed E-state index contributed by atoms with van der Waals surface area (Å²) in [4.78, 5) is 20.4. The molecule has 0 bridgehead atoms. The predicted octanol–water partition coefficient (Wildman–Crippen LogP) is 6.91. The minimum atomic E-state index is -0.416. The summed E-state index contributed by atoms with van der Waals surface area (Å²) in [5.41, 5.74) is 6.32. The first-order chi connectivity index (χ1) is 20.0. The van der Waals surface area contributed by atoms with E-state index in [2.05, 4.69) is 57.4 Å². The lowest BCUT2D eigenvalue weighted by molar-refractivity contribution is -0.117. The van der Waals surface area contributed by atoms with Crippen molar-refractivity contribution in [2.75, 3.05) is 13.1 Å². The molecule has 3 heterocycles. The van der Waals surface area contributed by atoms with Gasteiger partial charge in [0.2, 0.25) is 6.41 Å². The fourth-order valence-electron chi connectivity index (χ4n) is 5.14. The van der Waals surface area contributed by atoms with E-state index in [0.29, 0.717) is 42.0 Å². The molecule has 1 aliphatic rings. The Hall–Kier alpha value is -4.72. The molecule has 41 heavy (non-hydrogen) atoms. The third-order valence-corrected chi connectivity index (χ3v) is 7.35. The van der Waals surface area contributed by atoms with Crippen LogP contribution in [0.2, 0.25) is 0 Å². The number of H-pyrrole nitrogens is 2. The molecule has 0 saturated heterocycles. The zero-order valence-corrected chi connectivity index (χ0v) is 23.3. The number of hydrogen-bond donors (Lipinski definition) is 3. The maximum Gasteiger partial charge on any atom is 0.209 e. The molecule has 8 heteroatoms. The highest BCUT2D eigenvalue weighted by Crippen LogP contribution is 2.35. The highest BCUT2D eigenvalue weighted by Gasteiger charge is 2.20. The van der Waals surface area contributed by atoms with Crippen molar-refractivity contribution >= 4 is 22.9 Å². The van der Waals surface area contributed by atoms with Crippen LogP contribution in [0.5, 0.6) is 5.75 Å². The number of amides is 1. The second kappa shape index (κ2) is 12.6. The number of hydrogen-bond acceptors (Lipinski definition) is 4. The summed E-state index contributed by atoms with van der Waals surface area (Å²) in [5, 5.41) is 17.5. The van der Waals surface area contributed by atoms with E-state index >= 15 is 4.39 Å². The largest absolute Gasteiger partial charge is 0.508 e. The lowest BCUT2D eigenvalue weighted by atomic mass is 9.96. The van der Waals surface area contributed by atoms with Gasteiger partial charge in [0.25, 0.3) is 0 Å². The Bertz CT molecular complexity index is 1670. The fourth-order valence-corrected chi connectivity index (χ4v) is 5.14. The smallest absolute Gasteiger partial charge is 0.209 e. The quantitative estimate of drug-likeness (QED) is 0.191. The highest BCUT2D eigenvalue weighted by atomic mass is 19.1. The Labute approximate surface area is 238 Å². The van der Waals surface area contributed by atoms with E-state index in [1.54, 1.807) is 35.4 Å². The van der Waals surface area contributed by atoms with Gasteiger partial charge in [0.15, 0.2) is 11.6 Å². The number of rotatable bonds is 7. The third kappa shape index (κ3) is 6.06. The molecule has 7 nitrogen and oxygen atoms in total. The van der Waals surface area contributed by atoms with Crippen molar-refractivity contribution in [3.05, 3.63) is 95.6 Å². The van der Waals surface area contributed by atoms with Crippen molar-refractivity contribution < 1.29 is 14.3 Å². The monoisotopic (exact) mass is 551 g/mol. The van der Waals surface area contributed by atoms with Crippen LogP contribution in [0.1, 0.15) is 43.5 Å². The third-order valence-electron chi connectivity index (χ3n) is 7.35. The van der Waals surface area contributed by atoms with Gasteiger partial charge in [-0.3, -0.25) is 9.89 Å². The van der Waals surface area contributed by atoms with Gasteiger partial charge < -0.3 is 15.0 Å². The number of aromatic nitrogens is 4. The molecular formula is C33H34FN5O2. The van der Waals surface area contributed by atoms with Gasteiger partial charge in [-0.25, -0.2) is 9.37 Å². The highest BCUT2D eigenvalue weighted by molar-refractivity contribution is 5.95. The number of nitrogens with one attached hydrogen (secondary N) is 2. The van der Waals surface area contributed by atoms with Crippen LogP contribution in [0.3, 0.4) is 0 Å². The number of phenols is 1. The number of aromatic amines is 2. The van der Waals surface area contributed by atoms with E-state index in [9.17, 15) is 9.90 Å². The average molecular weight is 552 g/mol. The molecule has 2 aromatic heterocycles. The maximum atomic E-state index is 15.4. The first-order valence-electron chi connectivity index (χ1n) is 14.0. The molecule has 5 aromatic rings. The molecule has 1 aliphatic heterocycles. The van der Waals surface area contributed by atoms with E-state index in [0.717, 1.165) is 35.2 Å². The van der Waals surface area contributed by atoms with E-state index in [4.69, 9.17) is 0 Å². The summed E-state index contributed by atoms with van der Waals surface area (Å²) >= 11 is 0. The summed E-state index contributed by atoms with van der Waals surface area (Å²) in [7, 11) is 0. The lowest BCUT2D eigenvalue weighted by Gasteiger charge is -2.21. The van der Waals surface area contributed by atoms with Crippen molar-refractivity contribution in [1.82, 2.24) is 25.1 Å². The maximum absolute atomic E-state index is 15.4. The second-order valence-electron chi connectivity index (χ2n) is 10.1. The number of aryl methyl sites for hydroxylation is 2. The van der Waals surface area contributed by atoms with Crippen molar-refractivity contribution in [3.8, 4) is 28.4 Å². The van der Waals surface area contributed by atoms with Gasteiger partial charge >= 0.3 is 0 Å². The van der Waals surface area contributed by atoms with Crippen molar-refractivity contribution in [3.63, 3.8) is 0 Å². The fraction of sp³-hybridized carbons (Fsp3) is 0.242. The van der Waals surface area contributed by atoms with Crippen LogP contribution >= 0.6 is 0 Å². The molecule has 0 atom stereocenters. The Kier molecular flexibility index (Phi) is 8.58. The van der Waals surface area contributed by atoms with Crippen molar-refractivity contribution in [2.24, 2.45) is 0 Å². The zero-order valence-electron chi connectivity index (χ0n) is 23.3. The number of imidazole rings is 1. The van der Waals surface area contributed by atoms with Gasteiger partial charge in [-0.2, -0.15) is 5.10 Å². The molecular weight excluding hydrogens is 517 g/mol. The number of aromatic hydroxyl groups is 1. The molecule has 0 spiro atoms. The number of fused-ring (bicyclic) bond motifs is 1. The first kappa shape index (κ1) is 27.8. The van der Waals surface area contributed by atoms with Crippen LogP contribution in [0.4, 0.5) is 4.39 Å². The normalized spacial score (nSPS) is 13.0. The van der Waals surface area contributed by atoms with Crippen LogP contribution in [0.25, 0.3) is 39.1 Å². The van der Waals surface area contributed by atoms with Crippen LogP contribution in [-0.2, 0) is 17.6 Å². The minimum absolute atomic E-state index is 0.162. The number of nitrogens with zero attached hydrogens (tertiary/aromatic N) is 3. The van der Waals surface area contributed by atoms with Crippen LogP contribution in [-0.4, -0.2) is 49.7 Å². The van der Waals surface area contributed by atoms with Gasteiger partial charge in [-0.15, -0.1) is 0 Å². The van der Waals surface area contributed by atoms with Gasteiger partial charge in [0, 0.05) is 24.0 Å². The van der Waals surface area contributed by atoms with E-state index < -0.39 is 5.82 Å². The number of carbonyl (C=O) groups is 1. The van der Waals surface area contributed by atoms with Crippen LogP contribution in [0, 0.1) is 5.82 Å². The Morgan fingerprint density at radius 2 is 1.88 bits per heavy atom. The molecule has 0 aliphatic carbocycles.